The summed E-state index contributed by atoms with van der Waals surface area (Å²) in [6.07, 6.45) is 6.74. The largest absolute Gasteiger partial charge is 0.371 e. The average molecular weight is 231 g/mol. The van der Waals surface area contributed by atoms with Crippen LogP contribution in [0.5, 0.6) is 0 Å². The molecule has 4 nitrogen and oxygen atoms in total. The van der Waals surface area contributed by atoms with Crippen molar-refractivity contribution in [1.29, 1.82) is 0 Å². The van der Waals surface area contributed by atoms with Gasteiger partial charge in [0.2, 0.25) is 0 Å². The molecular weight excluding hydrogens is 214 g/mol. The summed E-state index contributed by atoms with van der Waals surface area (Å²) in [5, 5.41) is 3.35. The molecule has 1 fully saturated rings. The van der Waals surface area contributed by atoms with E-state index >= 15 is 0 Å². The summed E-state index contributed by atoms with van der Waals surface area (Å²) in [5.41, 5.74) is 1.98. The van der Waals surface area contributed by atoms with Gasteiger partial charge in [0.05, 0.1) is 18.4 Å². The third-order valence-corrected chi connectivity index (χ3v) is 3.13. The topological polar surface area (TPSA) is 38.6 Å². The summed E-state index contributed by atoms with van der Waals surface area (Å²) < 4.78 is 7.89. The lowest BCUT2D eigenvalue weighted by atomic mass is 10.1. The van der Waals surface area contributed by atoms with Gasteiger partial charge in [-0.1, -0.05) is 6.07 Å². The third kappa shape index (κ3) is 2.48. The van der Waals surface area contributed by atoms with Crippen molar-refractivity contribution in [3.05, 3.63) is 36.3 Å². The standard InChI is InChI=1S/C13H17N3O/c1-2-7-16-9-11(15-13(16)5-1)10-17-12-4-3-6-14-8-12/h1-2,5,7,9,12,14H,3-4,6,8,10H2/t12-/m0/s1. The number of aromatic nitrogens is 2. The van der Waals surface area contributed by atoms with Gasteiger partial charge in [0.25, 0.3) is 0 Å². The maximum atomic E-state index is 5.86. The van der Waals surface area contributed by atoms with Crippen molar-refractivity contribution < 1.29 is 4.74 Å². The maximum Gasteiger partial charge on any atom is 0.137 e. The summed E-state index contributed by atoms with van der Waals surface area (Å²) in [4.78, 5) is 4.51. The fraction of sp³-hybridized carbons (Fsp3) is 0.462. The summed E-state index contributed by atoms with van der Waals surface area (Å²) in [5.74, 6) is 0. The zero-order chi connectivity index (χ0) is 11.5. The van der Waals surface area contributed by atoms with Crippen molar-refractivity contribution in [3.8, 4) is 0 Å². The molecule has 1 saturated heterocycles. The molecule has 1 N–H and O–H groups in total. The van der Waals surface area contributed by atoms with E-state index in [1.807, 2.05) is 35.0 Å². The van der Waals surface area contributed by atoms with Crippen LogP contribution in [0.2, 0.25) is 0 Å². The first-order valence-corrected chi connectivity index (χ1v) is 6.17. The Morgan fingerprint density at radius 1 is 1.47 bits per heavy atom. The van der Waals surface area contributed by atoms with Gasteiger partial charge in [0.15, 0.2) is 0 Å². The van der Waals surface area contributed by atoms with Crippen LogP contribution in [0.25, 0.3) is 5.65 Å². The zero-order valence-electron chi connectivity index (χ0n) is 9.80. The van der Waals surface area contributed by atoms with E-state index in [4.69, 9.17) is 4.74 Å². The van der Waals surface area contributed by atoms with Gasteiger partial charge in [-0.15, -0.1) is 0 Å². The van der Waals surface area contributed by atoms with E-state index in [1.165, 1.54) is 6.42 Å². The summed E-state index contributed by atoms with van der Waals surface area (Å²) in [6.45, 7) is 2.69. The van der Waals surface area contributed by atoms with Crippen LogP contribution < -0.4 is 5.32 Å². The fourth-order valence-electron chi connectivity index (χ4n) is 2.22. The number of nitrogens with one attached hydrogen (secondary N) is 1. The minimum Gasteiger partial charge on any atom is -0.371 e. The molecular formula is C13H17N3O. The van der Waals surface area contributed by atoms with Gasteiger partial charge in [-0.2, -0.15) is 0 Å². The number of imidazole rings is 1. The molecule has 0 spiro atoms. The Balaban J connectivity index is 1.64. The van der Waals surface area contributed by atoms with Crippen molar-refractivity contribution in [2.75, 3.05) is 13.1 Å². The molecule has 1 aliphatic rings. The second kappa shape index (κ2) is 4.85. The van der Waals surface area contributed by atoms with Gasteiger partial charge in [-0.25, -0.2) is 4.98 Å². The first-order valence-electron chi connectivity index (χ1n) is 6.17. The van der Waals surface area contributed by atoms with Crippen LogP contribution in [0, 0.1) is 0 Å². The molecule has 2 aromatic rings. The van der Waals surface area contributed by atoms with E-state index in [-0.39, 0.29) is 0 Å². The Morgan fingerprint density at radius 3 is 3.29 bits per heavy atom. The molecule has 0 bridgehead atoms. The Labute approximate surface area is 101 Å². The van der Waals surface area contributed by atoms with Gasteiger partial charge in [-0.05, 0) is 31.5 Å². The molecule has 90 valence electrons. The SMILES string of the molecule is c1ccn2cc(CO[C@H]3CCCNC3)nc2c1. The first kappa shape index (κ1) is 10.7. The van der Waals surface area contributed by atoms with E-state index in [9.17, 15) is 0 Å². The molecule has 3 rings (SSSR count). The van der Waals surface area contributed by atoms with Gasteiger partial charge in [0.1, 0.15) is 5.65 Å². The third-order valence-electron chi connectivity index (χ3n) is 3.13. The second-order valence-electron chi connectivity index (χ2n) is 4.48. The number of piperidine rings is 1. The van der Waals surface area contributed by atoms with Crippen LogP contribution in [0.1, 0.15) is 18.5 Å². The van der Waals surface area contributed by atoms with Crippen LogP contribution in [-0.4, -0.2) is 28.6 Å². The van der Waals surface area contributed by atoms with Gasteiger partial charge >= 0.3 is 0 Å². The van der Waals surface area contributed by atoms with Crippen molar-refractivity contribution in [2.24, 2.45) is 0 Å². The lowest BCUT2D eigenvalue weighted by Crippen LogP contribution is -2.35. The summed E-state index contributed by atoms with van der Waals surface area (Å²) in [6, 6.07) is 6.01. The molecule has 1 aliphatic heterocycles. The van der Waals surface area contributed by atoms with E-state index in [2.05, 4.69) is 10.3 Å². The normalized spacial score (nSPS) is 20.8. The number of fused-ring (bicyclic) bond motifs is 1. The molecule has 1 atom stereocenters. The highest BCUT2D eigenvalue weighted by Crippen LogP contribution is 2.10. The minimum atomic E-state index is 0.341. The fourth-order valence-corrected chi connectivity index (χ4v) is 2.22. The Hall–Kier alpha value is -1.39. The molecule has 0 radical (unpaired) electrons. The van der Waals surface area contributed by atoms with E-state index in [1.54, 1.807) is 0 Å². The quantitative estimate of drug-likeness (QED) is 0.872. The van der Waals surface area contributed by atoms with Crippen molar-refractivity contribution in [3.63, 3.8) is 0 Å². The molecule has 0 saturated carbocycles. The smallest absolute Gasteiger partial charge is 0.137 e. The van der Waals surface area contributed by atoms with Crippen LogP contribution in [0.3, 0.4) is 0 Å². The highest BCUT2D eigenvalue weighted by atomic mass is 16.5. The first-order chi connectivity index (χ1) is 8.42. The van der Waals surface area contributed by atoms with Gasteiger partial charge in [0, 0.05) is 18.9 Å². The summed E-state index contributed by atoms with van der Waals surface area (Å²) >= 11 is 0. The monoisotopic (exact) mass is 231 g/mol. The van der Waals surface area contributed by atoms with E-state index in [0.29, 0.717) is 12.7 Å². The van der Waals surface area contributed by atoms with Gasteiger partial charge < -0.3 is 14.5 Å². The number of ether oxygens (including phenoxy) is 1. The molecule has 0 unspecified atom stereocenters. The predicted octanol–water partition coefficient (Wildman–Crippen LogP) is 1.60. The van der Waals surface area contributed by atoms with Crippen molar-refractivity contribution in [2.45, 2.75) is 25.6 Å². The maximum absolute atomic E-state index is 5.86. The van der Waals surface area contributed by atoms with Crippen molar-refractivity contribution >= 4 is 5.65 Å². The number of pyridine rings is 1. The second-order valence-corrected chi connectivity index (χ2v) is 4.48. The lowest BCUT2D eigenvalue weighted by molar-refractivity contribution is 0.0238. The van der Waals surface area contributed by atoms with Crippen LogP contribution in [0.4, 0.5) is 0 Å². The molecule has 2 aromatic heterocycles. The Kier molecular flexibility index (Phi) is 3.07. The Bertz CT molecular complexity index is 455. The lowest BCUT2D eigenvalue weighted by Gasteiger charge is -2.22. The molecule has 0 aliphatic carbocycles. The molecule has 0 amide bonds. The van der Waals surface area contributed by atoms with Crippen LogP contribution in [-0.2, 0) is 11.3 Å². The van der Waals surface area contributed by atoms with Crippen LogP contribution in [0.15, 0.2) is 30.6 Å². The van der Waals surface area contributed by atoms with Gasteiger partial charge in [-0.3, -0.25) is 0 Å². The van der Waals surface area contributed by atoms with Crippen LogP contribution >= 0.6 is 0 Å². The number of nitrogens with zero attached hydrogens (tertiary/aromatic N) is 2. The number of rotatable bonds is 3. The highest BCUT2D eigenvalue weighted by molar-refractivity contribution is 5.39. The number of hydrogen-bond acceptors (Lipinski definition) is 3. The van der Waals surface area contributed by atoms with Crippen molar-refractivity contribution in [1.82, 2.24) is 14.7 Å². The molecule has 4 heteroatoms. The molecule has 17 heavy (non-hydrogen) atoms. The molecule has 3 heterocycles. The van der Waals surface area contributed by atoms with E-state index < -0.39 is 0 Å². The average Bonchev–Trinajstić information content (AvgIpc) is 2.80. The minimum absolute atomic E-state index is 0.341. The Morgan fingerprint density at radius 2 is 2.47 bits per heavy atom. The number of hydrogen-bond donors (Lipinski definition) is 1. The predicted molar refractivity (Wildman–Crippen MR) is 65.9 cm³/mol. The van der Waals surface area contributed by atoms with E-state index in [0.717, 1.165) is 30.9 Å². The zero-order valence-corrected chi connectivity index (χ0v) is 9.80. The molecule has 0 aromatic carbocycles. The summed E-state index contributed by atoms with van der Waals surface area (Å²) in [7, 11) is 0. The highest BCUT2D eigenvalue weighted by Gasteiger charge is 2.13.